The number of aliphatic imine (C=N–C) groups is 1. The van der Waals surface area contributed by atoms with Gasteiger partial charge in [-0.3, -0.25) is 4.99 Å². The Morgan fingerprint density at radius 3 is 2.27 bits per heavy atom. The molecule has 1 atom stereocenters. The van der Waals surface area contributed by atoms with Crippen molar-refractivity contribution in [2.24, 2.45) is 4.99 Å². The average molecular weight is 223 g/mol. The molecule has 1 unspecified atom stereocenters. The van der Waals surface area contributed by atoms with E-state index in [-0.39, 0.29) is 0 Å². The zero-order valence-electron chi connectivity index (χ0n) is 8.40. The minimum atomic E-state index is -1.10. The average Bonchev–Trinajstić information content (AvgIpc) is 2.17. The van der Waals surface area contributed by atoms with Gasteiger partial charge in [-0.1, -0.05) is 44.2 Å². The van der Waals surface area contributed by atoms with Crippen LogP contribution < -0.4 is 0 Å². The van der Waals surface area contributed by atoms with Crippen LogP contribution in [-0.4, -0.2) is 23.8 Å². The summed E-state index contributed by atoms with van der Waals surface area (Å²) in [7, 11) is 0. The van der Waals surface area contributed by atoms with Crippen LogP contribution in [0.5, 0.6) is 0 Å². The van der Waals surface area contributed by atoms with Gasteiger partial charge >= 0.3 is 5.97 Å². The van der Waals surface area contributed by atoms with E-state index in [9.17, 15) is 4.79 Å². The fourth-order valence-electron chi connectivity index (χ4n) is 0.755. The number of rotatable bonds is 7. The van der Waals surface area contributed by atoms with Gasteiger partial charge < -0.3 is 5.11 Å². The summed E-state index contributed by atoms with van der Waals surface area (Å²) in [6, 6.07) is -1.05. The lowest BCUT2D eigenvalue weighted by Gasteiger charge is -2.12. The Bertz CT molecular complexity index is 344. The lowest BCUT2D eigenvalue weighted by atomic mass is 10.1. The minimum Gasteiger partial charge on any atom is -0.479 e. The molecule has 0 saturated heterocycles. The standard InChI is InChI=1S/C11H13NO2S/c1-6-7(2)15-9(4)8(3)10(12-5)11(13)14/h6,10H,1-5H2,(H,13,14). The first-order valence-corrected chi connectivity index (χ1v) is 4.81. The molecule has 0 amide bonds. The molecule has 15 heavy (non-hydrogen) atoms. The van der Waals surface area contributed by atoms with Gasteiger partial charge in [0.15, 0.2) is 6.04 Å². The van der Waals surface area contributed by atoms with Crippen LogP contribution >= 0.6 is 11.8 Å². The van der Waals surface area contributed by atoms with E-state index in [2.05, 4.69) is 38.0 Å². The second-order valence-electron chi connectivity index (χ2n) is 2.64. The topological polar surface area (TPSA) is 49.7 Å². The van der Waals surface area contributed by atoms with E-state index >= 15 is 0 Å². The van der Waals surface area contributed by atoms with Crippen LogP contribution in [0.3, 0.4) is 0 Å². The maximum Gasteiger partial charge on any atom is 0.333 e. The van der Waals surface area contributed by atoms with Gasteiger partial charge in [-0.15, -0.1) is 0 Å². The number of carboxylic acid groups (broad SMARTS) is 1. The van der Waals surface area contributed by atoms with Gasteiger partial charge in [-0.2, -0.15) is 0 Å². The van der Waals surface area contributed by atoms with Gasteiger partial charge in [0.25, 0.3) is 0 Å². The third-order valence-electron chi connectivity index (χ3n) is 1.59. The van der Waals surface area contributed by atoms with Gasteiger partial charge in [0.05, 0.1) is 0 Å². The Morgan fingerprint density at radius 2 is 1.93 bits per heavy atom. The smallest absolute Gasteiger partial charge is 0.333 e. The molecule has 0 aromatic heterocycles. The van der Waals surface area contributed by atoms with Crippen LogP contribution in [0.15, 0.2) is 52.8 Å². The van der Waals surface area contributed by atoms with Crippen LogP contribution in [0.4, 0.5) is 0 Å². The highest BCUT2D eigenvalue weighted by Gasteiger charge is 2.20. The molecule has 80 valence electrons. The molecule has 0 heterocycles. The fourth-order valence-corrected chi connectivity index (χ4v) is 1.40. The molecule has 0 rings (SSSR count). The van der Waals surface area contributed by atoms with Gasteiger partial charge in [0, 0.05) is 9.81 Å². The second-order valence-corrected chi connectivity index (χ2v) is 3.87. The summed E-state index contributed by atoms with van der Waals surface area (Å²) in [4.78, 5) is 15.4. The summed E-state index contributed by atoms with van der Waals surface area (Å²) in [5, 5.41) is 8.80. The number of hydrogen-bond acceptors (Lipinski definition) is 3. The van der Waals surface area contributed by atoms with Crippen molar-refractivity contribution in [3.63, 3.8) is 0 Å². The van der Waals surface area contributed by atoms with E-state index < -0.39 is 12.0 Å². The fraction of sp³-hybridized carbons (Fsp3) is 0.0909. The first-order valence-electron chi connectivity index (χ1n) is 4.00. The van der Waals surface area contributed by atoms with Crippen molar-refractivity contribution < 1.29 is 9.90 Å². The number of nitrogens with zero attached hydrogens (tertiary/aromatic N) is 1. The van der Waals surface area contributed by atoms with E-state index in [0.717, 1.165) is 0 Å². The molecule has 1 N–H and O–H groups in total. The zero-order chi connectivity index (χ0) is 12.0. The normalized spacial score (nSPS) is 11.2. The first-order chi connectivity index (χ1) is 6.93. The van der Waals surface area contributed by atoms with E-state index in [1.807, 2.05) is 0 Å². The van der Waals surface area contributed by atoms with Crippen molar-refractivity contribution in [2.45, 2.75) is 6.04 Å². The molecule has 0 spiro atoms. The van der Waals surface area contributed by atoms with E-state index in [4.69, 9.17) is 5.11 Å². The molecule has 0 bridgehead atoms. The lowest BCUT2D eigenvalue weighted by Crippen LogP contribution is -2.19. The Balaban J connectivity index is 4.63. The quantitative estimate of drug-likeness (QED) is 0.533. The van der Waals surface area contributed by atoms with E-state index in [1.54, 1.807) is 6.08 Å². The highest BCUT2D eigenvalue weighted by molar-refractivity contribution is 8.07. The van der Waals surface area contributed by atoms with Crippen molar-refractivity contribution in [3.8, 4) is 0 Å². The number of aliphatic carboxylic acids is 1. The summed E-state index contributed by atoms with van der Waals surface area (Å²) in [5.41, 5.74) is 0.311. The molecule has 0 aliphatic heterocycles. The van der Waals surface area contributed by atoms with Crippen LogP contribution in [-0.2, 0) is 4.79 Å². The Hall–Kier alpha value is -1.55. The van der Waals surface area contributed by atoms with Crippen LogP contribution in [0.2, 0.25) is 0 Å². The zero-order valence-corrected chi connectivity index (χ0v) is 9.22. The molecule has 0 fully saturated rings. The first kappa shape index (κ1) is 13.4. The Labute approximate surface area is 93.6 Å². The van der Waals surface area contributed by atoms with Gasteiger partial charge in [-0.25, -0.2) is 4.79 Å². The third kappa shape index (κ3) is 3.99. The Morgan fingerprint density at radius 1 is 1.40 bits per heavy atom. The number of thioether (sulfide) groups is 1. The van der Waals surface area contributed by atoms with E-state index in [1.165, 1.54) is 11.8 Å². The van der Waals surface area contributed by atoms with Crippen LogP contribution in [0.25, 0.3) is 0 Å². The number of carboxylic acids is 1. The second kappa shape index (κ2) is 6.03. The predicted molar refractivity (Wildman–Crippen MR) is 66.2 cm³/mol. The lowest BCUT2D eigenvalue weighted by molar-refractivity contribution is -0.137. The van der Waals surface area contributed by atoms with Crippen molar-refractivity contribution >= 4 is 24.4 Å². The summed E-state index contributed by atoms with van der Waals surface area (Å²) in [6.07, 6.45) is 1.56. The molecular formula is C11H13NO2S. The maximum atomic E-state index is 10.7. The summed E-state index contributed by atoms with van der Waals surface area (Å²) >= 11 is 1.21. The highest BCUT2D eigenvalue weighted by atomic mass is 32.2. The van der Waals surface area contributed by atoms with Crippen molar-refractivity contribution in [2.75, 3.05) is 0 Å². The van der Waals surface area contributed by atoms with Gasteiger partial charge in [-0.05, 0) is 12.3 Å². The maximum absolute atomic E-state index is 10.7. The molecule has 3 nitrogen and oxygen atoms in total. The molecule has 0 aliphatic carbocycles. The largest absolute Gasteiger partial charge is 0.479 e. The number of carbonyl (C=O) groups is 1. The van der Waals surface area contributed by atoms with Gasteiger partial charge in [0.2, 0.25) is 0 Å². The number of hydrogen-bond donors (Lipinski definition) is 1. The molecule has 0 radical (unpaired) electrons. The van der Waals surface area contributed by atoms with Crippen molar-refractivity contribution in [3.05, 3.63) is 47.8 Å². The van der Waals surface area contributed by atoms with Crippen molar-refractivity contribution in [1.29, 1.82) is 0 Å². The Kier molecular flexibility index (Phi) is 5.41. The molecule has 0 aromatic carbocycles. The molecule has 4 heteroatoms. The van der Waals surface area contributed by atoms with Crippen LogP contribution in [0, 0.1) is 0 Å². The SMILES string of the molecule is C=CC(=C)SC(=C)C(=C)C(N=C)C(=O)O. The molecule has 0 aliphatic rings. The molecule has 0 saturated carbocycles. The summed E-state index contributed by atoms with van der Waals surface area (Å²) in [5.74, 6) is -1.10. The predicted octanol–water partition coefficient (Wildman–Crippen LogP) is 2.64. The van der Waals surface area contributed by atoms with Crippen LogP contribution in [0.1, 0.15) is 0 Å². The number of allylic oxidation sites excluding steroid dienone is 1. The van der Waals surface area contributed by atoms with Crippen molar-refractivity contribution in [1.82, 2.24) is 0 Å². The van der Waals surface area contributed by atoms with Gasteiger partial charge in [0.1, 0.15) is 0 Å². The highest BCUT2D eigenvalue weighted by Crippen LogP contribution is 2.30. The molecule has 0 aromatic rings. The minimum absolute atomic E-state index is 0.311. The third-order valence-corrected chi connectivity index (χ3v) is 2.52. The monoisotopic (exact) mass is 223 g/mol. The summed E-state index contributed by atoms with van der Waals surface area (Å²) in [6.45, 7) is 17.7. The summed E-state index contributed by atoms with van der Waals surface area (Å²) < 4.78 is 0. The molecular weight excluding hydrogens is 210 g/mol. The van der Waals surface area contributed by atoms with E-state index in [0.29, 0.717) is 15.4 Å².